The first kappa shape index (κ1) is 21.4. The molecule has 0 heterocycles. The van der Waals surface area contributed by atoms with E-state index in [1.165, 1.54) is 6.92 Å². The van der Waals surface area contributed by atoms with Gasteiger partial charge in [0.2, 0.25) is 0 Å². The van der Waals surface area contributed by atoms with Crippen LogP contribution >= 0.6 is 0 Å². The van der Waals surface area contributed by atoms with Crippen molar-refractivity contribution in [2.24, 2.45) is 0 Å². The molecule has 0 spiro atoms. The van der Waals surface area contributed by atoms with Crippen molar-refractivity contribution in [3.8, 4) is 5.75 Å². The van der Waals surface area contributed by atoms with E-state index in [4.69, 9.17) is 18.0 Å². The fourth-order valence-corrected chi connectivity index (χ4v) is 5.36. The molecule has 0 aliphatic carbocycles. The number of carbonyl (C=O) groups is 4. The van der Waals surface area contributed by atoms with Crippen LogP contribution in [-0.4, -0.2) is 32.7 Å². The van der Waals surface area contributed by atoms with Gasteiger partial charge in [-0.3, -0.25) is 19.2 Å². The lowest BCUT2D eigenvalue weighted by molar-refractivity contribution is -0.148. The van der Waals surface area contributed by atoms with Gasteiger partial charge in [-0.05, 0) is 24.1 Å². The van der Waals surface area contributed by atoms with Crippen LogP contribution in [0.5, 0.6) is 5.75 Å². The van der Waals surface area contributed by atoms with Crippen molar-refractivity contribution in [1.29, 1.82) is 0 Å². The largest absolute Gasteiger partial charge is 0.713 e. The predicted octanol–water partition coefficient (Wildman–Crippen LogP) is 2.27. The number of ether oxygens (including phenoxy) is 1. The van der Waals surface area contributed by atoms with Gasteiger partial charge in [0, 0.05) is 27.7 Å². The lowest BCUT2D eigenvalue weighted by Crippen LogP contribution is -2.54. The third-order valence-electron chi connectivity index (χ3n) is 3.24. The SMILES string of the molecule is CCC(c1ccc(OC(C)=O)cc1)[Si](OC(C)=O)(OC(C)=O)OC(C)=O. The molecule has 0 aromatic heterocycles. The van der Waals surface area contributed by atoms with Gasteiger partial charge in [0.15, 0.2) is 0 Å². The maximum Gasteiger partial charge on any atom is 0.713 e. The monoisotopic (exact) mass is 382 g/mol. The summed E-state index contributed by atoms with van der Waals surface area (Å²) in [7, 11) is -4.06. The minimum atomic E-state index is -4.06. The van der Waals surface area contributed by atoms with E-state index in [0.29, 0.717) is 17.7 Å². The van der Waals surface area contributed by atoms with Crippen LogP contribution < -0.4 is 4.74 Å². The van der Waals surface area contributed by atoms with Crippen molar-refractivity contribution in [3.05, 3.63) is 29.8 Å². The Morgan fingerprint density at radius 2 is 1.23 bits per heavy atom. The zero-order valence-electron chi connectivity index (χ0n) is 15.4. The van der Waals surface area contributed by atoms with E-state index in [9.17, 15) is 19.2 Å². The Kier molecular flexibility index (Phi) is 7.51. The van der Waals surface area contributed by atoms with E-state index in [0.717, 1.165) is 20.8 Å². The summed E-state index contributed by atoms with van der Waals surface area (Å²) < 4.78 is 20.8. The van der Waals surface area contributed by atoms with Crippen LogP contribution in [0.4, 0.5) is 0 Å². The van der Waals surface area contributed by atoms with E-state index in [1.807, 2.05) is 0 Å². The summed E-state index contributed by atoms with van der Waals surface area (Å²) in [6, 6.07) is 6.36. The molecule has 142 valence electrons. The van der Waals surface area contributed by atoms with Crippen LogP contribution in [0.2, 0.25) is 0 Å². The topological polar surface area (TPSA) is 105 Å². The summed E-state index contributed by atoms with van der Waals surface area (Å²) in [4.78, 5) is 45.9. The van der Waals surface area contributed by atoms with Crippen molar-refractivity contribution < 1.29 is 37.2 Å². The van der Waals surface area contributed by atoms with E-state index < -0.39 is 38.2 Å². The van der Waals surface area contributed by atoms with Crippen LogP contribution in [0.25, 0.3) is 0 Å². The quantitative estimate of drug-likeness (QED) is 0.402. The molecule has 0 N–H and O–H groups in total. The summed E-state index contributed by atoms with van der Waals surface area (Å²) in [6.07, 6.45) is 0.368. The van der Waals surface area contributed by atoms with Crippen molar-refractivity contribution in [2.45, 2.75) is 46.6 Å². The summed E-state index contributed by atoms with van der Waals surface area (Å²) in [5, 5.41) is 0. The zero-order valence-corrected chi connectivity index (χ0v) is 16.4. The first-order valence-corrected chi connectivity index (χ1v) is 9.77. The van der Waals surface area contributed by atoms with E-state index in [-0.39, 0.29) is 0 Å². The standard InChI is InChI=1S/C17H22O8Si/c1-6-17(15-7-9-16(10-8-15)22-11(2)18)26(23-12(3)19,24-13(4)20)25-14(5)21/h7-10,17H,6H2,1-5H3. The molecule has 1 aromatic carbocycles. The highest BCUT2D eigenvalue weighted by atomic mass is 28.4. The second-order valence-corrected chi connectivity index (χ2v) is 8.02. The molecule has 0 aliphatic heterocycles. The lowest BCUT2D eigenvalue weighted by Gasteiger charge is -2.32. The highest BCUT2D eigenvalue weighted by Crippen LogP contribution is 2.34. The second kappa shape index (κ2) is 9.14. The Bertz CT molecular complexity index is 642. The van der Waals surface area contributed by atoms with Crippen LogP contribution in [0.3, 0.4) is 0 Å². The molecule has 0 aliphatic rings. The van der Waals surface area contributed by atoms with Crippen LogP contribution in [0, 0.1) is 0 Å². The molecule has 0 amide bonds. The first-order valence-electron chi connectivity index (χ1n) is 7.96. The van der Waals surface area contributed by atoms with Crippen molar-refractivity contribution in [2.75, 3.05) is 0 Å². The fourth-order valence-electron chi connectivity index (χ4n) is 2.50. The highest BCUT2D eigenvalue weighted by Gasteiger charge is 2.59. The smallest absolute Gasteiger partial charge is 0.455 e. The number of hydrogen-bond acceptors (Lipinski definition) is 8. The van der Waals surface area contributed by atoms with Gasteiger partial charge < -0.3 is 18.0 Å². The van der Waals surface area contributed by atoms with Crippen LogP contribution in [-0.2, 0) is 32.5 Å². The number of hydrogen-bond donors (Lipinski definition) is 0. The first-order chi connectivity index (χ1) is 12.1. The Balaban J connectivity index is 3.36. The number of benzene rings is 1. The molecule has 26 heavy (non-hydrogen) atoms. The van der Waals surface area contributed by atoms with Gasteiger partial charge in [0.05, 0.1) is 5.54 Å². The highest BCUT2D eigenvalue weighted by molar-refractivity contribution is 6.67. The zero-order chi connectivity index (χ0) is 19.9. The summed E-state index contributed by atoms with van der Waals surface area (Å²) in [6.45, 7) is 6.49. The third kappa shape index (κ3) is 5.99. The molecule has 0 saturated heterocycles. The van der Waals surface area contributed by atoms with Gasteiger partial charge in [-0.1, -0.05) is 19.1 Å². The molecule has 9 heteroatoms. The van der Waals surface area contributed by atoms with Crippen molar-refractivity contribution >= 4 is 32.7 Å². The van der Waals surface area contributed by atoms with Crippen LogP contribution in [0.1, 0.15) is 52.1 Å². The lowest BCUT2D eigenvalue weighted by atomic mass is 10.1. The minimum absolute atomic E-state index is 0.329. The number of esters is 1. The average Bonchev–Trinajstić information content (AvgIpc) is 2.46. The van der Waals surface area contributed by atoms with Gasteiger partial charge in [-0.25, -0.2) is 0 Å². The Morgan fingerprint density at radius 1 is 0.808 bits per heavy atom. The molecule has 0 saturated carbocycles. The maximum absolute atomic E-state index is 11.6. The van der Waals surface area contributed by atoms with E-state index >= 15 is 0 Å². The van der Waals surface area contributed by atoms with Gasteiger partial charge in [-0.2, -0.15) is 0 Å². The molecule has 0 bridgehead atoms. The van der Waals surface area contributed by atoms with Crippen molar-refractivity contribution in [1.82, 2.24) is 0 Å². The van der Waals surface area contributed by atoms with Gasteiger partial charge in [-0.15, -0.1) is 0 Å². The molecular formula is C17H22O8Si. The minimum Gasteiger partial charge on any atom is -0.455 e. The molecule has 1 rings (SSSR count). The summed E-state index contributed by atoms with van der Waals surface area (Å²) in [5.41, 5.74) is -0.0515. The van der Waals surface area contributed by atoms with Gasteiger partial charge >= 0.3 is 14.8 Å². The molecule has 0 fully saturated rings. The summed E-state index contributed by atoms with van der Waals surface area (Å²) in [5.74, 6) is -2.32. The Labute approximate surface area is 152 Å². The second-order valence-electron chi connectivity index (χ2n) is 5.51. The predicted molar refractivity (Wildman–Crippen MR) is 91.8 cm³/mol. The Hall–Kier alpha value is -2.68. The Morgan fingerprint density at radius 3 is 1.54 bits per heavy atom. The van der Waals surface area contributed by atoms with Gasteiger partial charge in [0.1, 0.15) is 5.75 Å². The normalized spacial score (nSPS) is 11.9. The van der Waals surface area contributed by atoms with E-state index in [2.05, 4.69) is 0 Å². The molecule has 1 aromatic rings. The molecule has 0 radical (unpaired) electrons. The van der Waals surface area contributed by atoms with Gasteiger partial charge in [0.25, 0.3) is 17.9 Å². The number of carbonyl (C=O) groups excluding carboxylic acids is 4. The molecule has 8 nitrogen and oxygen atoms in total. The van der Waals surface area contributed by atoms with Crippen LogP contribution in [0.15, 0.2) is 24.3 Å². The molecular weight excluding hydrogens is 360 g/mol. The summed E-state index contributed by atoms with van der Waals surface area (Å²) >= 11 is 0. The fraction of sp³-hybridized carbons (Fsp3) is 0.412. The molecule has 1 atom stereocenters. The average molecular weight is 382 g/mol. The third-order valence-corrected chi connectivity index (χ3v) is 6.55. The van der Waals surface area contributed by atoms with E-state index in [1.54, 1.807) is 31.2 Å². The maximum atomic E-state index is 11.6. The van der Waals surface area contributed by atoms with Crippen molar-refractivity contribution in [3.63, 3.8) is 0 Å². The molecule has 1 unspecified atom stereocenters. The number of rotatable bonds is 7.